The molecule has 3 heterocycles. The molecule has 1 aromatic carbocycles. The molecule has 8 nitrogen and oxygen atoms in total. The van der Waals surface area contributed by atoms with Crippen LogP contribution in [0.3, 0.4) is 0 Å². The van der Waals surface area contributed by atoms with Crippen LogP contribution in [-0.4, -0.2) is 75.1 Å². The Balaban J connectivity index is 1.45. The number of rotatable bonds is 4. The van der Waals surface area contributed by atoms with E-state index in [-0.39, 0.29) is 22.9 Å². The number of carbonyl (C=O) groups excluding carboxylic acids is 1. The Morgan fingerprint density at radius 1 is 0.966 bits per heavy atom. The summed E-state index contributed by atoms with van der Waals surface area (Å²) in [6, 6.07) is 5.02. The summed E-state index contributed by atoms with van der Waals surface area (Å²) in [7, 11) is -3.62. The van der Waals surface area contributed by atoms with Crippen LogP contribution in [0.5, 0.6) is 11.5 Å². The normalized spacial score (nSPS) is 21.7. The van der Waals surface area contributed by atoms with Crippen molar-refractivity contribution in [2.75, 3.05) is 39.5 Å². The number of hydrogen-bond acceptors (Lipinski definition) is 6. The average Bonchev–Trinajstić information content (AvgIpc) is 2.74. The summed E-state index contributed by atoms with van der Waals surface area (Å²) in [6.07, 6.45) is 2.96. The van der Waals surface area contributed by atoms with Crippen molar-refractivity contribution in [3.63, 3.8) is 0 Å². The number of ether oxygens (including phenoxy) is 3. The highest BCUT2D eigenvalue weighted by atomic mass is 32.2. The zero-order chi connectivity index (χ0) is 20.4. The molecule has 9 heteroatoms. The lowest BCUT2D eigenvalue weighted by atomic mass is 9.99. The van der Waals surface area contributed by atoms with Crippen LogP contribution in [0, 0.1) is 0 Å². The molecule has 0 N–H and O–H groups in total. The number of hydrogen-bond donors (Lipinski definition) is 0. The Bertz CT molecular complexity index is 845. The molecule has 0 radical (unpaired) electrons. The predicted molar refractivity (Wildman–Crippen MR) is 106 cm³/mol. The van der Waals surface area contributed by atoms with Crippen molar-refractivity contribution in [3.8, 4) is 11.5 Å². The highest BCUT2D eigenvalue weighted by molar-refractivity contribution is 7.89. The van der Waals surface area contributed by atoms with Crippen LogP contribution in [0.1, 0.15) is 32.6 Å². The van der Waals surface area contributed by atoms with Gasteiger partial charge in [0.2, 0.25) is 15.9 Å². The molecule has 4 rings (SSSR count). The molecule has 2 fully saturated rings. The fourth-order valence-electron chi connectivity index (χ4n) is 4.47. The van der Waals surface area contributed by atoms with E-state index in [0.29, 0.717) is 63.9 Å². The molecule has 3 aliphatic rings. The monoisotopic (exact) mass is 424 g/mol. The molecule has 0 unspecified atom stereocenters. The molecule has 1 aromatic rings. The van der Waals surface area contributed by atoms with Crippen LogP contribution >= 0.6 is 0 Å². The van der Waals surface area contributed by atoms with Crippen LogP contribution in [0.2, 0.25) is 0 Å². The standard InChI is InChI=1S/C20H28N2O6S/c1-15(23)22(17-6-10-26-11-7-17)16-4-8-21(9-5-16)29(24,25)18-2-3-19-20(14-18)28-13-12-27-19/h2-3,14,16-17H,4-13H2,1H3. The van der Waals surface area contributed by atoms with Crippen molar-refractivity contribution in [2.24, 2.45) is 0 Å². The van der Waals surface area contributed by atoms with Gasteiger partial charge in [0, 0.05) is 51.4 Å². The van der Waals surface area contributed by atoms with Gasteiger partial charge in [0.1, 0.15) is 13.2 Å². The highest BCUT2D eigenvalue weighted by Gasteiger charge is 2.36. The molecule has 0 aromatic heterocycles. The quantitative estimate of drug-likeness (QED) is 0.731. The van der Waals surface area contributed by atoms with Gasteiger partial charge in [-0.05, 0) is 37.8 Å². The molecule has 0 bridgehead atoms. The van der Waals surface area contributed by atoms with E-state index in [2.05, 4.69) is 0 Å². The van der Waals surface area contributed by atoms with Gasteiger partial charge in [-0.15, -0.1) is 0 Å². The highest BCUT2D eigenvalue weighted by Crippen LogP contribution is 2.34. The van der Waals surface area contributed by atoms with Crippen molar-refractivity contribution in [1.29, 1.82) is 0 Å². The Hall–Kier alpha value is -1.84. The number of nitrogens with zero attached hydrogens (tertiary/aromatic N) is 2. The molecule has 1 amide bonds. The van der Waals surface area contributed by atoms with Gasteiger partial charge in [0.05, 0.1) is 4.90 Å². The molecule has 0 atom stereocenters. The van der Waals surface area contributed by atoms with E-state index < -0.39 is 10.0 Å². The molecule has 160 valence electrons. The summed E-state index contributed by atoms with van der Waals surface area (Å²) in [6.45, 7) is 4.62. The summed E-state index contributed by atoms with van der Waals surface area (Å²) in [4.78, 5) is 14.5. The first-order valence-electron chi connectivity index (χ1n) is 10.2. The first-order chi connectivity index (χ1) is 14.0. The second-order valence-electron chi connectivity index (χ2n) is 7.71. The third-order valence-corrected chi connectivity index (χ3v) is 7.81. The minimum Gasteiger partial charge on any atom is -0.486 e. The molecule has 0 spiro atoms. The van der Waals surface area contributed by atoms with Gasteiger partial charge < -0.3 is 19.1 Å². The van der Waals surface area contributed by atoms with Gasteiger partial charge in [-0.1, -0.05) is 0 Å². The maximum Gasteiger partial charge on any atom is 0.243 e. The molecule has 3 aliphatic heterocycles. The van der Waals surface area contributed by atoms with Crippen LogP contribution in [-0.2, 0) is 19.6 Å². The molecule has 0 aliphatic carbocycles. The van der Waals surface area contributed by atoms with Crippen molar-refractivity contribution in [1.82, 2.24) is 9.21 Å². The molecule has 2 saturated heterocycles. The molecule has 0 saturated carbocycles. The van der Waals surface area contributed by atoms with Crippen LogP contribution in [0.25, 0.3) is 0 Å². The maximum atomic E-state index is 13.1. The topological polar surface area (TPSA) is 85.4 Å². The Morgan fingerprint density at radius 2 is 1.59 bits per heavy atom. The first kappa shape index (κ1) is 20.4. The summed E-state index contributed by atoms with van der Waals surface area (Å²) < 4.78 is 44.2. The van der Waals surface area contributed by atoms with E-state index >= 15 is 0 Å². The minimum atomic E-state index is -3.62. The van der Waals surface area contributed by atoms with Gasteiger partial charge in [0.25, 0.3) is 0 Å². The summed E-state index contributed by atoms with van der Waals surface area (Å²) in [5.41, 5.74) is 0. The smallest absolute Gasteiger partial charge is 0.243 e. The van der Waals surface area contributed by atoms with Gasteiger partial charge in [-0.25, -0.2) is 8.42 Å². The SMILES string of the molecule is CC(=O)N(C1CCOCC1)C1CCN(S(=O)(=O)c2ccc3c(c2)OCCO3)CC1. The van der Waals surface area contributed by atoms with E-state index in [1.165, 1.54) is 4.31 Å². The first-order valence-corrected chi connectivity index (χ1v) is 11.7. The van der Waals surface area contributed by atoms with Gasteiger partial charge in [-0.2, -0.15) is 4.31 Å². The average molecular weight is 425 g/mol. The Morgan fingerprint density at radius 3 is 2.24 bits per heavy atom. The number of amides is 1. The third kappa shape index (κ3) is 4.22. The van der Waals surface area contributed by atoms with E-state index in [1.54, 1.807) is 25.1 Å². The second kappa shape index (κ2) is 8.49. The van der Waals surface area contributed by atoms with E-state index in [4.69, 9.17) is 14.2 Å². The number of sulfonamides is 1. The van der Waals surface area contributed by atoms with E-state index in [0.717, 1.165) is 12.8 Å². The Labute approximate surface area is 171 Å². The lowest BCUT2D eigenvalue weighted by Crippen LogP contribution is -2.53. The molecular weight excluding hydrogens is 396 g/mol. The number of carbonyl (C=O) groups is 1. The van der Waals surface area contributed by atoms with Gasteiger partial charge in [0.15, 0.2) is 11.5 Å². The fourth-order valence-corrected chi connectivity index (χ4v) is 5.96. The minimum absolute atomic E-state index is 0.0602. The zero-order valence-electron chi connectivity index (χ0n) is 16.7. The summed E-state index contributed by atoms with van der Waals surface area (Å²) >= 11 is 0. The lowest BCUT2D eigenvalue weighted by Gasteiger charge is -2.43. The van der Waals surface area contributed by atoms with Crippen molar-refractivity contribution < 1.29 is 27.4 Å². The van der Waals surface area contributed by atoms with Crippen molar-refractivity contribution in [3.05, 3.63) is 18.2 Å². The maximum absolute atomic E-state index is 13.1. The van der Waals surface area contributed by atoms with Crippen LogP contribution < -0.4 is 9.47 Å². The van der Waals surface area contributed by atoms with E-state index in [1.807, 2.05) is 4.90 Å². The summed E-state index contributed by atoms with van der Waals surface area (Å²) in [5, 5.41) is 0. The predicted octanol–water partition coefficient (Wildman–Crippen LogP) is 1.64. The van der Waals surface area contributed by atoms with Crippen LogP contribution in [0.15, 0.2) is 23.1 Å². The van der Waals surface area contributed by atoms with Gasteiger partial charge in [-0.3, -0.25) is 4.79 Å². The fraction of sp³-hybridized carbons (Fsp3) is 0.650. The number of piperidine rings is 1. The van der Waals surface area contributed by atoms with E-state index in [9.17, 15) is 13.2 Å². The van der Waals surface area contributed by atoms with Crippen LogP contribution in [0.4, 0.5) is 0 Å². The Kier molecular flexibility index (Phi) is 5.98. The number of fused-ring (bicyclic) bond motifs is 1. The molecular formula is C20H28N2O6S. The zero-order valence-corrected chi connectivity index (χ0v) is 17.5. The van der Waals surface area contributed by atoms with Crippen molar-refractivity contribution in [2.45, 2.75) is 49.6 Å². The third-order valence-electron chi connectivity index (χ3n) is 5.92. The lowest BCUT2D eigenvalue weighted by molar-refractivity contribution is -0.137. The largest absolute Gasteiger partial charge is 0.486 e. The van der Waals surface area contributed by atoms with Crippen molar-refractivity contribution >= 4 is 15.9 Å². The van der Waals surface area contributed by atoms with Gasteiger partial charge >= 0.3 is 0 Å². The summed E-state index contributed by atoms with van der Waals surface area (Å²) in [5.74, 6) is 1.10. The molecule has 29 heavy (non-hydrogen) atoms. The second-order valence-corrected chi connectivity index (χ2v) is 9.65. The number of benzene rings is 1.